The van der Waals surface area contributed by atoms with Gasteiger partial charge in [-0.2, -0.15) is 0 Å². The fourth-order valence-corrected chi connectivity index (χ4v) is 2.51. The highest BCUT2D eigenvalue weighted by Crippen LogP contribution is 2.25. The lowest BCUT2D eigenvalue weighted by molar-refractivity contribution is -0.111. The van der Waals surface area contributed by atoms with Crippen LogP contribution in [0, 0.1) is 0 Å². The second kappa shape index (κ2) is 8.52. The first-order valence-corrected chi connectivity index (χ1v) is 7.97. The number of ether oxygens (including phenoxy) is 1. The van der Waals surface area contributed by atoms with Gasteiger partial charge in [0.1, 0.15) is 0 Å². The molecular weight excluding hydrogens is 349 g/mol. The highest BCUT2D eigenvalue weighted by molar-refractivity contribution is 6.37. The molecule has 0 radical (unpaired) electrons. The standard InChI is InChI=1S/C18H15Cl2NO3/c1-2-24-18(23)13-6-3-4-9-16(13)21-17(22)11-10-12-14(19)7-5-8-15(12)20/h3-11H,2H2,1H3,(H,21,22)/b11-10+. The number of hydrogen-bond acceptors (Lipinski definition) is 3. The van der Waals surface area contributed by atoms with Crippen LogP contribution in [0.5, 0.6) is 0 Å². The van der Waals surface area contributed by atoms with Crippen molar-refractivity contribution in [3.8, 4) is 0 Å². The van der Waals surface area contributed by atoms with Crippen LogP contribution in [0.2, 0.25) is 10.0 Å². The third kappa shape index (κ3) is 4.60. The number of anilines is 1. The molecule has 124 valence electrons. The predicted octanol–water partition coefficient (Wildman–Crippen LogP) is 4.82. The zero-order valence-corrected chi connectivity index (χ0v) is 14.4. The van der Waals surface area contributed by atoms with Gasteiger partial charge in [0.2, 0.25) is 5.91 Å². The molecule has 0 fully saturated rings. The van der Waals surface area contributed by atoms with Crippen molar-refractivity contribution in [1.29, 1.82) is 0 Å². The van der Waals surface area contributed by atoms with E-state index in [9.17, 15) is 9.59 Å². The molecule has 1 amide bonds. The van der Waals surface area contributed by atoms with E-state index in [0.717, 1.165) is 0 Å². The number of hydrogen-bond donors (Lipinski definition) is 1. The van der Waals surface area contributed by atoms with E-state index < -0.39 is 11.9 Å². The van der Waals surface area contributed by atoms with Gasteiger partial charge in [-0.3, -0.25) is 4.79 Å². The Morgan fingerprint density at radius 2 is 1.75 bits per heavy atom. The summed E-state index contributed by atoms with van der Waals surface area (Å²) in [6, 6.07) is 11.7. The topological polar surface area (TPSA) is 55.4 Å². The number of nitrogens with one attached hydrogen (secondary N) is 1. The van der Waals surface area contributed by atoms with Crippen LogP contribution >= 0.6 is 23.2 Å². The summed E-state index contributed by atoms with van der Waals surface area (Å²) in [7, 11) is 0. The van der Waals surface area contributed by atoms with Gasteiger partial charge in [-0.25, -0.2) is 4.79 Å². The number of para-hydroxylation sites is 1. The van der Waals surface area contributed by atoms with E-state index in [1.807, 2.05) is 0 Å². The summed E-state index contributed by atoms with van der Waals surface area (Å²) in [5.41, 5.74) is 1.21. The Morgan fingerprint density at radius 1 is 1.08 bits per heavy atom. The van der Waals surface area contributed by atoms with E-state index in [0.29, 0.717) is 21.3 Å². The molecule has 0 atom stereocenters. The Hall–Kier alpha value is -2.30. The Kier molecular flexibility index (Phi) is 6.41. The van der Waals surface area contributed by atoms with E-state index in [1.165, 1.54) is 12.2 Å². The molecule has 2 aromatic rings. The first kappa shape index (κ1) is 18.0. The largest absolute Gasteiger partial charge is 0.462 e. The number of esters is 1. The number of benzene rings is 2. The van der Waals surface area contributed by atoms with Crippen molar-refractivity contribution < 1.29 is 14.3 Å². The van der Waals surface area contributed by atoms with Crippen LogP contribution in [0.25, 0.3) is 6.08 Å². The second-order valence-electron chi connectivity index (χ2n) is 4.72. The van der Waals surface area contributed by atoms with E-state index in [1.54, 1.807) is 49.4 Å². The Morgan fingerprint density at radius 3 is 2.42 bits per heavy atom. The Balaban J connectivity index is 2.16. The molecule has 0 aliphatic carbocycles. The average Bonchev–Trinajstić information content (AvgIpc) is 2.55. The monoisotopic (exact) mass is 363 g/mol. The van der Waals surface area contributed by atoms with Crippen LogP contribution in [0.4, 0.5) is 5.69 Å². The van der Waals surface area contributed by atoms with Gasteiger partial charge in [0.15, 0.2) is 0 Å². The van der Waals surface area contributed by atoms with Gasteiger partial charge in [0.05, 0.1) is 17.9 Å². The maximum absolute atomic E-state index is 12.1. The van der Waals surface area contributed by atoms with Crippen molar-refractivity contribution in [3.63, 3.8) is 0 Å². The lowest BCUT2D eigenvalue weighted by Crippen LogP contribution is -2.13. The molecule has 0 saturated heterocycles. The van der Waals surface area contributed by atoms with Crippen molar-refractivity contribution in [1.82, 2.24) is 0 Å². The zero-order chi connectivity index (χ0) is 17.5. The molecule has 4 nitrogen and oxygen atoms in total. The SMILES string of the molecule is CCOC(=O)c1ccccc1NC(=O)/C=C/c1c(Cl)cccc1Cl. The van der Waals surface area contributed by atoms with Gasteiger partial charge in [0, 0.05) is 21.7 Å². The lowest BCUT2D eigenvalue weighted by atomic mass is 10.1. The van der Waals surface area contributed by atoms with Crippen LogP contribution in [0.1, 0.15) is 22.8 Å². The molecule has 0 spiro atoms. The first-order chi connectivity index (χ1) is 11.5. The molecular formula is C18H15Cl2NO3. The fourth-order valence-electron chi connectivity index (χ4n) is 1.98. The van der Waals surface area contributed by atoms with E-state index >= 15 is 0 Å². The van der Waals surface area contributed by atoms with E-state index in [2.05, 4.69) is 5.32 Å². The Bertz CT molecular complexity index is 767. The van der Waals surface area contributed by atoms with Gasteiger partial charge >= 0.3 is 5.97 Å². The molecule has 0 heterocycles. The summed E-state index contributed by atoms with van der Waals surface area (Å²) >= 11 is 12.1. The summed E-state index contributed by atoms with van der Waals surface area (Å²) in [6.07, 6.45) is 2.82. The molecule has 6 heteroatoms. The first-order valence-electron chi connectivity index (χ1n) is 7.22. The molecule has 0 aliphatic heterocycles. The highest BCUT2D eigenvalue weighted by Gasteiger charge is 2.13. The summed E-state index contributed by atoms with van der Waals surface area (Å²) in [6.45, 7) is 1.97. The second-order valence-corrected chi connectivity index (χ2v) is 5.54. The van der Waals surface area contributed by atoms with Crippen molar-refractivity contribution in [2.24, 2.45) is 0 Å². The highest BCUT2D eigenvalue weighted by atomic mass is 35.5. The third-order valence-electron chi connectivity index (χ3n) is 3.08. The fraction of sp³-hybridized carbons (Fsp3) is 0.111. The normalized spacial score (nSPS) is 10.6. The summed E-state index contributed by atoms with van der Waals surface area (Å²) in [5.74, 6) is -0.908. The van der Waals surface area contributed by atoms with Crippen LogP contribution in [0.3, 0.4) is 0 Å². The van der Waals surface area contributed by atoms with Crippen LogP contribution in [-0.4, -0.2) is 18.5 Å². The minimum absolute atomic E-state index is 0.256. The summed E-state index contributed by atoms with van der Waals surface area (Å²) < 4.78 is 4.97. The minimum atomic E-state index is -0.494. The average molecular weight is 364 g/mol. The van der Waals surface area contributed by atoms with E-state index in [4.69, 9.17) is 27.9 Å². The van der Waals surface area contributed by atoms with Crippen LogP contribution in [-0.2, 0) is 9.53 Å². The van der Waals surface area contributed by atoms with Crippen molar-refractivity contribution >= 4 is 46.8 Å². The van der Waals surface area contributed by atoms with Crippen LogP contribution in [0.15, 0.2) is 48.5 Å². The number of amides is 1. The molecule has 0 saturated carbocycles. The number of rotatable bonds is 5. The van der Waals surface area contributed by atoms with Crippen LogP contribution < -0.4 is 5.32 Å². The smallest absolute Gasteiger partial charge is 0.340 e. The molecule has 1 N–H and O–H groups in total. The minimum Gasteiger partial charge on any atom is -0.462 e. The molecule has 2 rings (SSSR count). The predicted molar refractivity (Wildman–Crippen MR) is 96.5 cm³/mol. The summed E-state index contributed by atoms with van der Waals surface area (Å²) in [4.78, 5) is 24.0. The third-order valence-corrected chi connectivity index (χ3v) is 3.74. The Labute approximate surface area is 150 Å². The quantitative estimate of drug-likeness (QED) is 0.611. The maximum atomic E-state index is 12.1. The van der Waals surface area contributed by atoms with Gasteiger partial charge < -0.3 is 10.1 Å². The molecule has 0 aromatic heterocycles. The number of carbonyl (C=O) groups is 2. The van der Waals surface area contributed by atoms with Crippen molar-refractivity contribution in [2.45, 2.75) is 6.92 Å². The molecule has 0 aliphatic rings. The zero-order valence-electron chi connectivity index (χ0n) is 12.9. The van der Waals surface area contributed by atoms with E-state index in [-0.39, 0.29) is 12.2 Å². The lowest BCUT2D eigenvalue weighted by Gasteiger charge is -2.09. The number of halogens is 2. The van der Waals surface area contributed by atoms with Crippen molar-refractivity contribution in [2.75, 3.05) is 11.9 Å². The molecule has 0 unspecified atom stereocenters. The molecule has 0 bridgehead atoms. The molecule has 24 heavy (non-hydrogen) atoms. The molecule has 2 aromatic carbocycles. The van der Waals surface area contributed by atoms with Gasteiger partial charge in [-0.05, 0) is 37.3 Å². The maximum Gasteiger partial charge on any atom is 0.340 e. The van der Waals surface area contributed by atoms with Gasteiger partial charge in [-0.1, -0.05) is 41.4 Å². The number of carbonyl (C=O) groups excluding carboxylic acids is 2. The van der Waals surface area contributed by atoms with Gasteiger partial charge in [0.25, 0.3) is 0 Å². The van der Waals surface area contributed by atoms with Crippen molar-refractivity contribution in [3.05, 3.63) is 69.7 Å². The van der Waals surface area contributed by atoms with Gasteiger partial charge in [-0.15, -0.1) is 0 Å². The summed E-state index contributed by atoms with van der Waals surface area (Å²) in [5, 5.41) is 3.53.